The Morgan fingerprint density at radius 2 is 1.88 bits per heavy atom. The second kappa shape index (κ2) is 7.31. The predicted octanol–water partition coefficient (Wildman–Crippen LogP) is 1.42. The molecule has 25 heavy (non-hydrogen) atoms. The molecule has 1 aromatic carbocycles. The fourth-order valence-corrected chi connectivity index (χ4v) is 3.86. The van der Waals surface area contributed by atoms with Gasteiger partial charge in [-0.25, -0.2) is 0 Å². The van der Waals surface area contributed by atoms with Gasteiger partial charge >= 0.3 is 0 Å². The number of Topliss-reactive ketones (excluding diaryl/α,β-unsaturated/α-hetero) is 1. The van der Waals surface area contributed by atoms with Crippen LogP contribution in [0.25, 0.3) is 0 Å². The number of hydrogen-bond acceptors (Lipinski definition) is 3. The van der Waals surface area contributed by atoms with E-state index >= 15 is 0 Å². The number of benzene rings is 1. The Morgan fingerprint density at radius 1 is 1.20 bits per heavy atom. The summed E-state index contributed by atoms with van der Waals surface area (Å²) in [5.41, 5.74) is 3.99. The monoisotopic (exact) mass is 342 g/mol. The Kier molecular flexibility index (Phi) is 5.13. The third-order valence-electron chi connectivity index (χ3n) is 5.29. The van der Waals surface area contributed by atoms with Gasteiger partial charge in [-0.1, -0.05) is 12.1 Å². The van der Waals surface area contributed by atoms with E-state index in [1.807, 2.05) is 31.2 Å². The van der Waals surface area contributed by atoms with Gasteiger partial charge in [0.15, 0.2) is 0 Å². The molecule has 1 fully saturated rings. The molecule has 0 aliphatic carbocycles. The molecule has 1 saturated heterocycles. The molecule has 2 N–H and O–H groups in total. The second-order valence-electron chi connectivity index (χ2n) is 6.85. The Labute approximate surface area is 149 Å². The number of rotatable bonds is 5. The van der Waals surface area contributed by atoms with Gasteiger partial charge in [-0.05, 0) is 39.0 Å². The number of piperazine rings is 1. The van der Waals surface area contributed by atoms with Gasteiger partial charge < -0.3 is 19.5 Å². The van der Waals surface area contributed by atoms with Crippen LogP contribution in [0.15, 0.2) is 30.3 Å². The van der Waals surface area contributed by atoms with Crippen molar-refractivity contribution in [2.75, 3.05) is 37.6 Å². The Bertz CT molecular complexity index is 758. The molecule has 134 valence electrons. The maximum absolute atomic E-state index is 12.7. The van der Waals surface area contributed by atoms with Gasteiger partial charge in [0, 0.05) is 23.5 Å². The summed E-state index contributed by atoms with van der Waals surface area (Å²) in [7, 11) is 0. The lowest BCUT2D eigenvalue weighted by Gasteiger charge is -2.33. The van der Waals surface area contributed by atoms with Gasteiger partial charge in [0.2, 0.25) is 5.78 Å². The van der Waals surface area contributed by atoms with Crippen molar-refractivity contribution in [2.24, 2.45) is 0 Å². The van der Waals surface area contributed by atoms with Crippen LogP contribution in [-0.4, -0.2) is 48.2 Å². The summed E-state index contributed by atoms with van der Waals surface area (Å²) in [5.74, 6) is 0.563. The third kappa shape index (κ3) is 3.56. The number of phenolic OH excluding ortho intramolecular Hbond substituents is 1. The van der Waals surface area contributed by atoms with Gasteiger partial charge in [0.25, 0.3) is 0 Å². The number of carbonyl (C=O) groups excluding carboxylic acids is 1. The van der Waals surface area contributed by atoms with E-state index in [4.69, 9.17) is 0 Å². The highest BCUT2D eigenvalue weighted by molar-refractivity contribution is 5.98. The minimum atomic E-state index is 0.235. The summed E-state index contributed by atoms with van der Waals surface area (Å²) in [6.07, 6.45) is 0. The second-order valence-corrected chi connectivity index (χ2v) is 6.85. The summed E-state index contributed by atoms with van der Waals surface area (Å²) >= 11 is 0. The molecule has 5 nitrogen and oxygen atoms in total. The van der Waals surface area contributed by atoms with Crippen molar-refractivity contribution in [2.45, 2.75) is 27.3 Å². The molecule has 0 unspecified atom stereocenters. The highest BCUT2D eigenvalue weighted by Crippen LogP contribution is 2.26. The lowest BCUT2D eigenvalue weighted by molar-refractivity contribution is -0.892. The largest absolute Gasteiger partial charge is 0.506 e. The van der Waals surface area contributed by atoms with Gasteiger partial charge in [0.05, 0.1) is 31.9 Å². The molecule has 0 amide bonds. The average molecular weight is 342 g/mol. The number of hydrogen-bond donors (Lipinski definition) is 2. The van der Waals surface area contributed by atoms with Crippen molar-refractivity contribution >= 4 is 11.5 Å². The van der Waals surface area contributed by atoms with Gasteiger partial charge in [-0.3, -0.25) is 4.79 Å². The van der Waals surface area contributed by atoms with Gasteiger partial charge in [-0.2, -0.15) is 0 Å². The van der Waals surface area contributed by atoms with Crippen LogP contribution in [0.4, 0.5) is 5.69 Å². The van der Waals surface area contributed by atoms with Crippen molar-refractivity contribution < 1.29 is 14.8 Å². The van der Waals surface area contributed by atoms with Crippen LogP contribution in [0.1, 0.15) is 28.7 Å². The molecule has 1 aromatic heterocycles. The zero-order chi connectivity index (χ0) is 18.0. The highest BCUT2D eigenvalue weighted by atomic mass is 16.3. The Morgan fingerprint density at radius 3 is 2.48 bits per heavy atom. The zero-order valence-electron chi connectivity index (χ0n) is 15.4. The lowest BCUT2D eigenvalue weighted by Crippen LogP contribution is -3.15. The molecular formula is C20H28N3O2+. The minimum Gasteiger partial charge on any atom is -0.506 e. The molecule has 0 radical (unpaired) electrons. The number of ketones is 1. The Hall–Kier alpha value is -2.27. The smallest absolute Gasteiger partial charge is 0.218 e. The fourth-order valence-electron chi connectivity index (χ4n) is 3.86. The van der Waals surface area contributed by atoms with E-state index in [1.165, 1.54) is 4.90 Å². The van der Waals surface area contributed by atoms with Crippen LogP contribution in [-0.2, 0) is 6.54 Å². The molecule has 0 saturated carbocycles. The maximum atomic E-state index is 12.7. The average Bonchev–Trinajstić information content (AvgIpc) is 2.90. The van der Waals surface area contributed by atoms with Gasteiger partial charge in [-0.15, -0.1) is 0 Å². The molecule has 3 rings (SSSR count). The highest BCUT2D eigenvalue weighted by Gasteiger charge is 2.25. The van der Waals surface area contributed by atoms with E-state index in [9.17, 15) is 9.90 Å². The molecular weight excluding hydrogens is 314 g/mol. The number of aromatic nitrogens is 1. The van der Waals surface area contributed by atoms with E-state index in [2.05, 4.69) is 23.3 Å². The van der Waals surface area contributed by atoms with Crippen LogP contribution in [0.2, 0.25) is 0 Å². The fraction of sp³-hybridized carbons (Fsp3) is 0.450. The lowest BCUT2D eigenvalue weighted by atomic mass is 10.1. The first-order valence-corrected chi connectivity index (χ1v) is 9.07. The number of aryl methyl sites for hydroxylation is 1. The molecule has 1 aliphatic rings. The Balaban J connectivity index is 1.61. The van der Waals surface area contributed by atoms with Crippen molar-refractivity contribution in [3.05, 3.63) is 47.3 Å². The SMILES string of the molecule is CCn1c(C)cc(C(=O)C[NH+]2CCN(c3ccccc3O)CC2)c1C. The first-order valence-electron chi connectivity index (χ1n) is 9.07. The molecule has 0 atom stereocenters. The van der Waals surface area contributed by atoms with Gasteiger partial charge in [0.1, 0.15) is 12.3 Å². The van der Waals surface area contributed by atoms with E-state index in [-0.39, 0.29) is 5.78 Å². The first-order chi connectivity index (χ1) is 12.0. The third-order valence-corrected chi connectivity index (χ3v) is 5.29. The summed E-state index contributed by atoms with van der Waals surface area (Å²) in [4.78, 5) is 16.3. The summed E-state index contributed by atoms with van der Waals surface area (Å²) in [6.45, 7) is 11.2. The number of nitrogens with zero attached hydrogens (tertiary/aromatic N) is 2. The number of quaternary nitrogens is 1. The molecule has 2 aromatic rings. The molecule has 5 heteroatoms. The molecule has 0 spiro atoms. The quantitative estimate of drug-likeness (QED) is 0.808. The molecule has 1 aliphatic heterocycles. The number of carbonyl (C=O) groups is 1. The van der Waals surface area contributed by atoms with Crippen molar-refractivity contribution in [1.82, 2.24) is 4.57 Å². The first kappa shape index (κ1) is 17.5. The molecule has 2 heterocycles. The van der Waals surface area contributed by atoms with Crippen LogP contribution >= 0.6 is 0 Å². The maximum Gasteiger partial charge on any atom is 0.218 e. The van der Waals surface area contributed by atoms with Crippen LogP contribution in [0, 0.1) is 13.8 Å². The summed E-state index contributed by atoms with van der Waals surface area (Å²) in [6, 6.07) is 9.48. The van der Waals surface area contributed by atoms with Crippen molar-refractivity contribution in [1.29, 1.82) is 0 Å². The van der Waals surface area contributed by atoms with Crippen LogP contribution in [0.3, 0.4) is 0 Å². The zero-order valence-corrected chi connectivity index (χ0v) is 15.4. The number of aromatic hydroxyl groups is 1. The van der Waals surface area contributed by atoms with Crippen molar-refractivity contribution in [3.63, 3.8) is 0 Å². The summed E-state index contributed by atoms with van der Waals surface area (Å²) < 4.78 is 2.19. The summed E-state index contributed by atoms with van der Waals surface area (Å²) in [5, 5.41) is 10.0. The van der Waals surface area contributed by atoms with Crippen LogP contribution in [0.5, 0.6) is 5.75 Å². The standard InChI is InChI=1S/C20H27N3O2/c1-4-23-15(2)13-17(16(23)3)20(25)14-21-9-11-22(12-10-21)18-7-5-6-8-19(18)24/h5-8,13,24H,4,9-12,14H2,1-3H3/p+1. The van der Waals surface area contributed by atoms with E-state index < -0.39 is 0 Å². The van der Waals surface area contributed by atoms with Crippen molar-refractivity contribution in [3.8, 4) is 5.75 Å². The van der Waals surface area contributed by atoms with E-state index in [0.717, 1.165) is 55.4 Å². The topological polar surface area (TPSA) is 49.9 Å². The number of nitrogens with one attached hydrogen (secondary N) is 1. The normalized spacial score (nSPS) is 15.6. The van der Waals surface area contributed by atoms with Crippen LogP contribution < -0.4 is 9.80 Å². The predicted molar refractivity (Wildman–Crippen MR) is 99.8 cm³/mol. The van der Waals surface area contributed by atoms with E-state index in [0.29, 0.717) is 12.3 Å². The van der Waals surface area contributed by atoms with E-state index in [1.54, 1.807) is 6.07 Å². The molecule has 0 bridgehead atoms. The number of anilines is 1. The number of phenols is 1. The number of para-hydroxylation sites is 2. The minimum absolute atomic E-state index is 0.235.